The summed E-state index contributed by atoms with van der Waals surface area (Å²) >= 11 is 0. The summed E-state index contributed by atoms with van der Waals surface area (Å²) in [6.07, 6.45) is 8.59. The minimum absolute atomic E-state index is 0.0407. The number of fused-ring (bicyclic) bond motifs is 5. The minimum atomic E-state index is -1.73. The lowest BCUT2D eigenvalue weighted by atomic mass is 9.39. The Balaban J connectivity index is 1.72. The highest BCUT2D eigenvalue weighted by Crippen LogP contribution is 2.73. The van der Waals surface area contributed by atoms with Crippen LogP contribution in [0.1, 0.15) is 88.0 Å². The molecule has 7 unspecified atom stereocenters. The summed E-state index contributed by atoms with van der Waals surface area (Å²) in [4.78, 5) is 51.9. The maximum Gasteiger partial charge on any atom is 0.303 e. The maximum absolute atomic E-state index is 14.2. The van der Waals surface area contributed by atoms with Gasteiger partial charge < -0.3 is 14.9 Å². The Labute approximate surface area is 231 Å². The van der Waals surface area contributed by atoms with Crippen LogP contribution in [0.4, 0.5) is 0 Å². The molecule has 7 nitrogen and oxygen atoms in total. The van der Waals surface area contributed by atoms with Gasteiger partial charge in [0.05, 0.1) is 5.41 Å². The smallest absolute Gasteiger partial charge is 0.303 e. The Morgan fingerprint density at radius 1 is 1.08 bits per heavy atom. The second-order valence-corrected chi connectivity index (χ2v) is 14.3. The van der Waals surface area contributed by atoms with E-state index in [1.165, 1.54) is 26.0 Å². The van der Waals surface area contributed by atoms with Crippen molar-refractivity contribution in [1.82, 2.24) is 0 Å². The molecule has 0 bridgehead atoms. The van der Waals surface area contributed by atoms with Crippen molar-refractivity contribution in [2.24, 2.45) is 39.4 Å². The van der Waals surface area contributed by atoms with Crippen LogP contribution in [0.25, 0.3) is 0 Å². The fourth-order valence-electron chi connectivity index (χ4n) is 8.83. The van der Waals surface area contributed by atoms with E-state index < -0.39 is 45.1 Å². The number of carbonyl (C=O) groups is 4. The SMILES string of the molecule is CC(=O)OC(C)(C)C=CC(=O)C(C)(O)C1CCC2(C)C3CC=C4C(C=C(O)C(=O)C4(C)C)C3(C)C(=O)CC12C. The third-order valence-corrected chi connectivity index (χ3v) is 11.3. The average molecular weight is 541 g/mol. The van der Waals surface area contributed by atoms with Crippen LogP contribution in [0, 0.1) is 39.4 Å². The van der Waals surface area contributed by atoms with E-state index in [4.69, 9.17) is 4.74 Å². The third kappa shape index (κ3) is 4.01. The summed E-state index contributed by atoms with van der Waals surface area (Å²) < 4.78 is 5.25. The number of ketones is 3. The van der Waals surface area contributed by atoms with Crippen LogP contribution in [0.5, 0.6) is 0 Å². The van der Waals surface area contributed by atoms with Gasteiger partial charge in [-0.25, -0.2) is 0 Å². The molecular weight excluding hydrogens is 496 g/mol. The number of aliphatic hydroxyl groups excluding tert-OH is 1. The fraction of sp³-hybridized carbons (Fsp3) is 0.688. The van der Waals surface area contributed by atoms with Crippen molar-refractivity contribution in [3.8, 4) is 0 Å². The van der Waals surface area contributed by atoms with Gasteiger partial charge in [-0.1, -0.05) is 32.4 Å². The molecule has 4 aliphatic carbocycles. The molecular formula is C32H44O7. The molecule has 0 heterocycles. The molecule has 2 N–H and O–H groups in total. The Morgan fingerprint density at radius 2 is 1.69 bits per heavy atom. The van der Waals surface area contributed by atoms with Gasteiger partial charge in [-0.05, 0) is 88.9 Å². The van der Waals surface area contributed by atoms with Gasteiger partial charge in [0, 0.05) is 30.6 Å². The van der Waals surface area contributed by atoms with E-state index >= 15 is 0 Å². The van der Waals surface area contributed by atoms with Gasteiger partial charge in [-0.2, -0.15) is 0 Å². The van der Waals surface area contributed by atoms with Crippen LogP contribution < -0.4 is 0 Å². The summed E-state index contributed by atoms with van der Waals surface area (Å²) in [6, 6.07) is 0. The summed E-state index contributed by atoms with van der Waals surface area (Å²) in [6.45, 7) is 16.0. The standard InChI is InChI=1S/C32H44O7/c1-18(33)39-27(2,3)14-13-24(35)32(9,38)23-12-15-29(6)22-11-10-19-20(16-21(34)26(37)28(19,4)5)31(22,8)25(36)17-30(23,29)7/h10,13-14,16,20,22-23,34,38H,11-12,15,17H2,1-9H3. The first-order valence-electron chi connectivity index (χ1n) is 14.0. The molecule has 0 aromatic heterocycles. The molecule has 2 fully saturated rings. The van der Waals surface area contributed by atoms with Crippen molar-refractivity contribution in [1.29, 1.82) is 0 Å². The average Bonchev–Trinajstić information content (AvgIpc) is 3.07. The number of Topliss-reactive ketones (excluding diaryl/α,β-unsaturated/α-hetero) is 2. The van der Waals surface area contributed by atoms with Gasteiger partial charge in [-0.3, -0.25) is 19.2 Å². The molecule has 7 atom stereocenters. The lowest BCUT2D eigenvalue weighted by molar-refractivity contribution is -0.176. The molecule has 0 aromatic carbocycles. The number of esters is 1. The Kier molecular flexibility index (Phi) is 6.59. The van der Waals surface area contributed by atoms with Crippen molar-refractivity contribution in [2.45, 2.75) is 99.2 Å². The molecule has 4 rings (SSSR count). The Morgan fingerprint density at radius 3 is 2.28 bits per heavy atom. The molecule has 0 saturated heterocycles. The van der Waals surface area contributed by atoms with E-state index in [1.54, 1.807) is 19.9 Å². The quantitative estimate of drug-likeness (QED) is 0.279. The van der Waals surface area contributed by atoms with E-state index in [0.717, 1.165) is 12.0 Å². The molecule has 7 heteroatoms. The molecule has 2 saturated carbocycles. The molecule has 0 aliphatic heterocycles. The number of hydrogen-bond donors (Lipinski definition) is 2. The number of rotatable bonds is 5. The summed E-state index contributed by atoms with van der Waals surface area (Å²) in [5.74, 6) is -2.45. The number of aliphatic hydroxyl groups is 2. The molecule has 0 radical (unpaired) electrons. The normalized spacial score (nSPS) is 39.2. The number of hydrogen-bond acceptors (Lipinski definition) is 7. The summed E-state index contributed by atoms with van der Waals surface area (Å²) in [5, 5.41) is 22.3. The van der Waals surface area contributed by atoms with Crippen LogP contribution in [0.2, 0.25) is 0 Å². The number of carbonyl (C=O) groups excluding carboxylic acids is 4. The van der Waals surface area contributed by atoms with Gasteiger partial charge in [0.15, 0.2) is 11.5 Å². The summed E-state index contributed by atoms with van der Waals surface area (Å²) in [7, 11) is 0. The largest absolute Gasteiger partial charge is 0.505 e. The molecule has 214 valence electrons. The van der Waals surface area contributed by atoms with Crippen molar-refractivity contribution >= 4 is 23.3 Å². The van der Waals surface area contributed by atoms with E-state index in [-0.39, 0.29) is 41.0 Å². The lowest BCUT2D eigenvalue weighted by Gasteiger charge is -2.63. The van der Waals surface area contributed by atoms with Crippen LogP contribution in [-0.2, 0) is 23.9 Å². The lowest BCUT2D eigenvalue weighted by Crippen LogP contribution is -2.64. The van der Waals surface area contributed by atoms with E-state index in [0.29, 0.717) is 12.8 Å². The first-order valence-corrected chi connectivity index (χ1v) is 14.0. The molecule has 4 aliphatic rings. The van der Waals surface area contributed by atoms with E-state index in [9.17, 15) is 29.4 Å². The monoisotopic (exact) mass is 540 g/mol. The second kappa shape index (κ2) is 8.73. The number of allylic oxidation sites excluding steroid dienone is 4. The molecule has 0 aromatic rings. The number of ether oxygens (including phenoxy) is 1. The topological polar surface area (TPSA) is 118 Å². The van der Waals surface area contributed by atoms with Crippen LogP contribution in [-0.4, -0.2) is 44.7 Å². The molecule has 0 amide bonds. The van der Waals surface area contributed by atoms with E-state index in [1.807, 2.05) is 27.7 Å². The van der Waals surface area contributed by atoms with Gasteiger partial charge >= 0.3 is 5.97 Å². The van der Waals surface area contributed by atoms with Crippen LogP contribution >= 0.6 is 0 Å². The fourth-order valence-corrected chi connectivity index (χ4v) is 8.83. The van der Waals surface area contributed by atoms with Crippen LogP contribution in [0.3, 0.4) is 0 Å². The zero-order valence-electron chi connectivity index (χ0n) is 24.8. The maximum atomic E-state index is 14.2. The highest BCUT2D eigenvalue weighted by Gasteiger charge is 2.72. The summed E-state index contributed by atoms with van der Waals surface area (Å²) in [5.41, 5.74) is -4.57. The van der Waals surface area contributed by atoms with Crippen molar-refractivity contribution in [3.63, 3.8) is 0 Å². The predicted molar refractivity (Wildman–Crippen MR) is 146 cm³/mol. The van der Waals surface area contributed by atoms with Crippen molar-refractivity contribution in [3.05, 3.63) is 35.6 Å². The van der Waals surface area contributed by atoms with Gasteiger partial charge in [0.25, 0.3) is 0 Å². The first-order chi connectivity index (χ1) is 17.7. The van der Waals surface area contributed by atoms with E-state index in [2.05, 4.69) is 13.0 Å². The Bertz CT molecular complexity index is 1230. The van der Waals surface area contributed by atoms with Crippen molar-refractivity contribution in [2.75, 3.05) is 0 Å². The zero-order valence-corrected chi connectivity index (χ0v) is 24.8. The van der Waals surface area contributed by atoms with Gasteiger partial charge in [-0.15, -0.1) is 0 Å². The third-order valence-electron chi connectivity index (χ3n) is 11.3. The van der Waals surface area contributed by atoms with Gasteiger partial charge in [0.1, 0.15) is 17.0 Å². The van der Waals surface area contributed by atoms with Crippen molar-refractivity contribution < 1.29 is 34.1 Å². The highest BCUT2D eigenvalue weighted by molar-refractivity contribution is 6.02. The zero-order chi connectivity index (χ0) is 29.6. The highest BCUT2D eigenvalue weighted by atomic mass is 16.6. The first kappa shape index (κ1) is 29.4. The minimum Gasteiger partial charge on any atom is -0.505 e. The van der Waals surface area contributed by atoms with Gasteiger partial charge in [0.2, 0.25) is 5.78 Å². The molecule has 0 spiro atoms. The second-order valence-electron chi connectivity index (χ2n) is 14.3. The Hall–Kier alpha value is -2.54. The van der Waals surface area contributed by atoms with Crippen LogP contribution in [0.15, 0.2) is 35.6 Å². The predicted octanol–water partition coefficient (Wildman–Crippen LogP) is 5.22. The molecule has 39 heavy (non-hydrogen) atoms.